The molecule has 1 unspecified atom stereocenters. The van der Waals surface area contributed by atoms with E-state index in [9.17, 15) is 22.8 Å². The highest BCUT2D eigenvalue weighted by Gasteiger charge is 2.33. The number of anilines is 3. The maximum absolute atomic E-state index is 13.4. The van der Waals surface area contributed by atoms with Gasteiger partial charge in [0.2, 0.25) is 11.8 Å². The summed E-state index contributed by atoms with van der Waals surface area (Å²) in [6.07, 6.45) is -0.815. The van der Waals surface area contributed by atoms with E-state index in [0.717, 1.165) is 43.8 Å². The van der Waals surface area contributed by atoms with Gasteiger partial charge in [0.05, 0.1) is 35.2 Å². The minimum atomic E-state index is -4.60. The third kappa shape index (κ3) is 9.55. The monoisotopic (exact) mass is 615 g/mol. The van der Waals surface area contributed by atoms with Crippen LogP contribution in [0.3, 0.4) is 0 Å². The van der Waals surface area contributed by atoms with Crippen molar-refractivity contribution in [1.82, 2.24) is 10.2 Å². The van der Waals surface area contributed by atoms with Gasteiger partial charge < -0.3 is 26.4 Å². The second-order valence-electron chi connectivity index (χ2n) is 9.95. The number of nitrogens with zero attached hydrogens (tertiary/aromatic N) is 1. The van der Waals surface area contributed by atoms with Crippen LogP contribution in [0.1, 0.15) is 29.2 Å². The molecule has 1 aliphatic heterocycles. The van der Waals surface area contributed by atoms with E-state index in [2.05, 4.69) is 20.9 Å². The number of nitrogen functional groups attached to an aromatic ring is 1. The van der Waals surface area contributed by atoms with Crippen molar-refractivity contribution in [3.8, 4) is 0 Å². The first kappa shape index (κ1) is 32.0. The fourth-order valence-corrected chi connectivity index (χ4v) is 4.82. The standard InChI is InChI=1S/C31H33ClF3N5O3/c32-25-20-23(11-12-24(25)31(33,34)35)38-30(42)29(37-14-3-15-40-16-18-43-19-17-40)22-9-6-21(7-10-22)8-13-28(41)39-27-5-2-1-4-26(27)36/h1-2,4-13,20,29,37H,3,14-19,36H2,(H,38,42)(H,39,41). The fraction of sp³-hybridized carbons (Fsp3) is 0.290. The van der Waals surface area contributed by atoms with Gasteiger partial charge in [-0.25, -0.2) is 0 Å². The van der Waals surface area contributed by atoms with Gasteiger partial charge in [-0.05, 0) is 67.0 Å². The molecule has 5 N–H and O–H groups in total. The SMILES string of the molecule is Nc1ccccc1NC(=O)C=Cc1ccc(C(NCCCN2CCOCC2)C(=O)Nc2ccc(C(F)(F)F)c(Cl)c2)cc1. The van der Waals surface area contributed by atoms with Crippen LogP contribution in [0.4, 0.5) is 30.2 Å². The highest BCUT2D eigenvalue weighted by molar-refractivity contribution is 6.31. The van der Waals surface area contributed by atoms with Gasteiger partial charge in [-0.15, -0.1) is 0 Å². The maximum Gasteiger partial charge on any atom is 0.417 e. The van der Waals surface area contributed by atoms with Crippen LogP contribution in [0.2, 0.25) is 5.02 Å². The van der Waals surface area contributed by atoms with Crippen LogP contribution >= 0.6 is 11.6 Å². The Labute approximate surface area is 253 Å². The normalized spacial score (nSPS) is 14.9. The number of alkyl halides is 3. The largest absolute Gasteiger partial charge is 0.417 e. The summed E-state index contributed by atoms with van der Waals surface area (Å²) in [5.74, 6) is -0.804. The number of amides is 2. The molecule has 3 aromatic carbocycles. The van der Waals surface area contributed by atoms with Gasteiger partial charge in [0.25, 0.3) is 0 Å². The quantitative estimate of drug-likeness (QED) is 0.127. The minimum Gasteiger partial charge on any atom is -0.397 e. The maximum atomic E-state index is 13.4. The third-order valence-electron chi connectivity index (χ3n) is 6.82. The summed E-state index contributed by atoms with van der Waals surface area (Å²) in [6.45, 7) is 4.44. The zero-order valence-corrected chi connectivity index (χ0v) is 24.0. The van der Waals surface area contributed by atoms with Crippen LogP contribution in [0.5, 0.6) is 0 Å². The highest BCUT2D eigenvalue weighted by atomic mass is 35.5. The summed E-state index contributed by atoms with van der Waals surface area (Å²) in [5, 5.41) is 8.16. The highest BCUT2D eigenvalue weighted by Crippen LogP contribution is 2.36. The Hall–Kier alpha value is -3.90. The van der Waals surface area contributed by atoms with Crippen molar-refractivity contribution in [3.05, 3.63) is 94.5 Å². The molecule has 228 valence electrons. The number of hydrogen-bond acceptors (Lipinski definition) is 6. The molecule has 2 amide bonds. The predicted octanol–water partition coefficient (Wildman–Crippen LogP) is 5.58. The van der Waals surface area contributed by atoms with E-state index in [4.69, 9.17) is 22.1 Å². The molecule has 1 heterocycles. The first-order valence-electron chi connectivity index (χ1n) is 13.7. The average molecular weight is 616 g/mol. The van der Waals surface area contributed by atoms with Crippen LogP contribution in [0.25, 0.3) is 6.08 Å². The molecule has 43 heavy (non-hydrogen) atoms. The van der Waals surface area contributed by atoms with Gasteiger partial charge in [-0.1, -0.05) is 48.0 Å². The van der Waals surface area contributed by atoms with Crippen LogP contribution in [-0.2, 0) is 20.5 Å². The number of nitrogens with two attached hydrogens (primary N) is 1. The lowest BCUT2D eigenvalue weighted by Gasteiger charge is -2.27. The molecule has 0 saturated carbocycles. The molecule has 0 bridgehead atoms. The van der Waals surface area contributed by atoms with Gasteiger partial charge in [0.15, 0.2) is 0 Å². The number of halogens is 4. The van der Waals surface area contributed by atoms with E-state index in [-0.39, 0.29) is 11.6 Å². The lowest BCUT2D eigenvalue weighted by Crippen LogP contribution is -2.39. The van der Waals surface area contributed by atoms with Gasteiger partial charge >= 0.3 is 6.18 Å². The Morgan fingerprint density at radius 2 is 1.74 bits per heavy atom. The predicted molar refractivity (Wildman–Crippen MR) is 163 cm³/mol. The van der Waals surface area contributed by atoms with Gasteiger partial charge in [-0.3, -0.25) is 14.5 Å². The molecule has 1 fully saturated rings. The van der Waals surface area contributed by atoms with E-state index >= 15 is 0 Å². The van der Waals surface area contributed by atoms with Crippen molar-refractivity contribution in [2.75, 3.05) is 55.8 Å². The Morgan fingerprint density at radius 1 is 1.02 bits per heavy atom. The van der Waals surface area contributed by atoms with Crippen molar-refractivity contribution in [1.29, 1.82) is 0 Å². The van der Waals surface area contributed by atoms with Gasteiger partial charge in [0, 0.05) is 24.9 Å². The van der Waals surface area contributed by atoms with Crippen molar-refractivity contribution in [2.45, 2.75) is 18.6 Å². The Morgan fingerprint density at radius 3 is 2.42 bits per heavy atom. The lowest BCUT2D eigenvalue weighted by molar-refractivity contribution is -0.137. The molecular formula is C31H33ClF3N5O3. The van der Waals surface area contributed by atoms with E-state index in [1.165, 1.54) is 12.1 Å². The van der Waals surface area contributed by atoms with E-state index < -0.39 is 28.7 Å². The molecule has 1 aliphatic rings. The molecule has 12 heteroatoms. The van der Waals surface area contributed by atoms with E-state index in [1.54, 1.807) is 54.6 Å². The second-order valence-corrected chi connectivity index (χ2v) is 10.4. The zero-order valence-electron chi connectivity index (χ0n) is 23.3. The minimum absolute atomic E-state index is 0.146. The van der Waals surface area contributed by atoms with Gasteiger partial charge in [-0.2, -0.15) is 13.2 Å². The van der Waals surface area contributed by atoms with Crippen LogP contribution in [0, 0.1) is 0 Å². The first-order valence-corrected chi connectivity index (χ1v) is 14.1. The number of hydrogen-bond donors (Lipinski definition) is 4. The molecule has 3 aromatic rings. The summed E-state index contributed by atoms with van der Waals surface area (Å²) in [5.41, 5.74) is 7.36. The Balaban J connectivity index is 1.43. The molecule has 1 atom stereocenters. The summed E-state index contributed by atoms with van der Waals surface area (Å²) in [6, 6.07) is 16.3. The summed E-state index contributed by atoms with van der Waals surface area (Å²) in [7, 11) is 0. The number of rotatable bonds is 11. The molecule has 0 radical (unpaired) electrons. The molecular weight excluding hydrogens is 583 g/mol. The van der Waals surface area contributed by atoms with Crippen molar-refractivity contribution >= 4 is 46.6 Å². The number of ether oxygens (including phenoxy) is 1. The number of nitrogens with one attached hydrogen (secondary N) is 3. The molecule has 4 rings (SSSR count). The molecule has 0 aromatic heterocycles. The third-order valence-corrected chi connectivity index (χ3v) is 7.14. The number of benzene rings is 3. The Bertz CT molecular complexity index is 1430. The molecule has 1 saturated heterocycles. The fourth-order valence-electron chi connectivity index (χ4n) is 4.53. The molecule has 0 spiro atoms. The summed E-state index contributed by atoms with van der Waals surface area (Å²) in [4.78, 5) is 28.0. The first-order chi connectivity index (χ1) is 20.6. The van der Waals surface area contributed by atoms with Crippen molar-refractivity contribution in [2.24, 2.45) is 0 Å². The smallest absolute Gasteiger partial charge is 0.397 e. The Kier molecular flexibility index (Phi) is 11.2. The molecule has 0 aliphatic carbocycles. The molecule has 8 nitrogen and oxygen atoms in total. The summed E-state index contributed by atoms with van der Waals surface area (Å²) < 4.78 is 44.7. The van der Waals surface area contributed by atoms with Crippen LogP contribution < -0.4 is 21.7 Å². The lowest BCUT2D eigenvalue weighted by atomic mass is 10.0. The number of carbonyl (C=O) groups excluding carboxylic acids is 2. The van der Waals surface area contributed by atoms with Crippen LogP contribution in [0.15, 0.2) is 72.8 Å². The van der Waals surface area contributed by atoms with Crippen LogP contribution in [-0.4, -0.2) is 56.1 Å². The van der Waals surface area contributed by atoms with E-state index in [1.807, 2.05) is 0 Å². The van der Waals surface area contributed by atoms with Crippen molar-refractivity contribution in [3.63, 3.8) is 0 Å². The van der Waals surface area contributed by atoms with Gasteiger partial charge in [0.1, 0.15) is 6.04 Å². The topological polar surface area (TPSA) is 109 Å². The zero-order chi connectivity index (χ0) is 30.8. The van der Waals surface area contributed by atoms with Crippen molar-refractivity contribution < 1.29 is 27.5 Å². The summed E-state index contributed by atoms with van der Waals surface area (Å²) >= 11 is 5.85. The van der Waals surface area contributed by atoms with E-state index in [0.29, 0.717) is 36.7 Å². The number of para-hydroxylation sites is 2. The number of morpholine rings is 1. The number of carbonyl (C=O) groups is 2. The average Bonchev–Trinajstić information content (AvgIpc) is 2.97. The second kappa shape index (κ2) is 15.0.